The number of hydrogen-bond donors (Lipinski definition) is 4. The Bertz CT molecular complexity index is 1340. The van der Waals surface area contributed by atoms with Crippen molar-refractivity contribution in [1.82, 2.24) is 10.2 Å². The Balaban J connectivity index is 1.79. The molecule has 9 nitrogen and oxygen atoms in total. The maximum Gasteiger partial charge on any atom is 0.385 e. The largest absolute Gasteiger partial charge is 0.505 e. The first-order valence-electron chi connectivity index (χ1n) is 12.0. The van der Waals surface area contributed by atoms with E-state index in [1.165, 1.54) is 21.4 Å². The number of anilines is 2. The van der Waals surface area contributed by atoms with E-state index in [2.05, 4.69) is 10.6 Å². The second-order valence-electron chi connectivity index (χ2n) is 8.80. The first-order valence-corrected chi connectivity index (χ1v) is 12.0. The monoisotopic (exact) mass is 500 g/mol. The number of nitrogens with two attached hydrogens (primary N) is 1. The molecule has 1 atom stereocenters. The summed E-state index contributed by atoms with van der Waals surface area (Å²) in [5.74, 6) is -1.60. The molecule has 3 aromatic rings. The predicted molar refractivity (Wildman–Crippen MR) is 140 cm³/mol. The van der Waals surface area contributed by atoms with Crippen molar-refractivity contribution in [2.75, 3.05) is 24.4 Å². The molecule has 9 heteroatoms. The molecule has 0 saturated heterocycles. The molecule has 5 N–H and O–H groups in total. The van der Waals surface area contributed by atoms with E-state index in [1.807, 2.05) is 43.3 Å². The fourth-order valence-corrected chi connectivity index (χ4v) is 4.10. The van der Waals surface area contributed by atoms with E-state index in [0.717, 1.165) is 5.56 Å². The zero-order valence-corrected chi connectivity index (χ0v) is 20.9. The van der Waals surface area contributed by atoms with Gasteiger partial charge in [-0.3, -0.25) is 9.59 Å². The Labute approximate surface area is 215 Å². The summed E-state index contributed by atoms with van der Waals surface area (Å²) in [6, 6.07) is 22.9. The van der Waals surface area contributed by atoms with Gasteiger partial charge in [-0.05, 0) is 36.2 Å². The molecule has 3 aromatic carbocycles. The normalized spacial score (nSPS) is 14.4. The van der Waals surface area contributed by atoms with Gasteiger partial charge in [-0.1, -0.05) is 61.5 Å². The third-order valence-corrected chi connectivity index (χ3v) is 6.07. The number of para-hydroxylation sites is 2. The average molecular weight is 501 g/mol. The summed E-state index contributed by atoms with van der Waals surface area (Å²) in [7, 11) is 3.16. The number of rotatable bonds is 8. The van der Waals surface area contributed by atoms with Gasteiger partial charge in [-0.2, -0.15) is 5.43 Å². The Morgan fingerprint density at radius 1 is 0.946 bits per heavy atom. The fourth-order valence-electron chi connectivity index (χ4n) is 4.10. The molecule has 0 radical (unpaired) electrons. The van der Waals surface area contributed by atoms with Crippen LogP contribution in [-0.4, -0.2) is 41.8 Å². The minimum Gasteiger partial charge on any atom is -0.505 e. The molecule has 0 aliphatic carbocycles. The highest BCUT2D eigenvalue weighted by atomic mass is 16.3. The van der Waals surface area contributed by atoms with Gasteiger partial charge in [-0.15, -0.1) is 5.01 Å². The van der Waals surface area contributed by atoms with Crippen LogP contribution >= 0.6 is 0 Å². The van der Waals surface area contributed by atoms with Crippen molar-refractivity contribution in [1.29, 1.82) is 0 Å². The SMILES string of the molecule is CC[C@@H](NC1=C(Nc2cccc(C(=O)N(C)C)c2O)C(=O)N(c2ccccc2)[NH2+]C1=O)c1ccccc1. The molecule has 1 heterocycles. The van der Waals surface area contributed by atoms with Gasteiger partial charge in [0.15, 0.2) is 11.4 Å². The van der Waals surface area contributed by atoms with Crippen molar-refractivity contribution < 1.29 is 24.9 Å². The van der Waals surface area contributed by atoms with Crippen molar-refractivity contribution in [3.63, 3.8) is 0 Å². The molecule has 0 spiro atoms. The highest BCUT2D eigenvalue weighted by Crippen LogP contribution is 2.31. The fraction of sp³-hybridized carbons (Fsp3) is 0.179. The average Bonchev–Trinajstić information content (AvgIpc) is 2.91. The topological polar surface area (TPSA) is 119 Å². The Morgan fingerprint density at radius 3 is 2.22 bits per heavy atom. The van der Waals surface area contributed by atoms with Crippen molar-refractivity contribution in [2.45, 2.75) is 19.4 Å². The van der Waals surface area contributed by atoms with Crippen LogP contribution in [0.5, 0.6) is 5.75 Å². The van der Waals surface area contributed by atoms with Crippen molar-refractivity contribution in [2.24, 2.45) is 0 Å². The molecular weight excluding hydrogens is 470 g/mol. The van der Waals surface area contributed by atoms with E-state index < -0.39 is 17.7 Å². The minimum absolute atomic E-state index is 0.0320. The van der Waals surface area contributed by atoms with Crippen LogP contribution in [0, 0.1) is 0 Å². The maximum absolute atomic E-state index is 13.8. The van der Waals surface area contributed by atoms with E-state index in [4.69, 9.17) is 0 Å². The number of quaternary nitrogens is 1. The number of hydrogen-bond acceptors (Lipinski definition) is 6. The smallest absolute Gasteiger partial charge is 0.385 e. The molecular formula is C28H30N5O4+. The quantitative estimate of drug-likeness (QED) is 0.214. The number of benzene rings is 3. The first-order chi connectivity index (χ1) is 17.8. The molecule has 3 amide bonds. The number of nitrogens with one attached hydrogen (secondary N) is 2. The highest BCUT2D eigenvalue weighted by Gasteiger charge is 2.39. The maximum atomic E-state index is 13.8. The van der Waals surface area contributed by atoms with Gasteiger partial charge in [0.2, 0.25) is 0 Å². The number of primary amides is 1. The van der Waals surface area contributed by atoms with E-state index in [1.54, 1.807) is 50.5 Å². The van der Waals surface area contributed by atoms with Gasteiger partial charge in [0, 0.05) is 14.1 Å². The molecule has 4 rings (SSSR count). The minimum atomic E-state index is -0.486. The summed E-state index contributed by atoms with van der Waals surface area (Å²) >= 11 is 0. The number of nitrogens with zero attached hydrogens (tertiary/aromatic N) is 2. The molecule has 1 aliphatic rings. The second-order valence-corrected chi connectivity index (χ2v) is 8.80. The van der Waals surface area contributed by atoms with Crippen LogP contribution in [0.15, 0.2) is 90.3 Å². The van der Waals surface area contributed by atoms with Gasteiger partial charge in [-0.25, -0.2) is 4.79 Å². The van der Waals surface area contributed by atoms with Gasteiger partial charge < -0.3 is 20.6 Å². The first kappa shape index (κ1) is 25.5. The Morgan fingerprint density at radius 2 is 1.59 bits per heavy atom. The van der Waals surface area contributed by atoms with Gasteiger partial charge in [0.05, 0.1) is 23.0 Å². The van der Waals surface area contributed by atoms with E-state index >= 15 is 0 Å². The summed E-state index contributed by atoms with van der Waals surface area (Å²) in [6.07, 6.45) is 0.655. The number of carbonyl (C=O) groups is 3. The van der Waals surface area contributed by atoms with Crippen LogP contribution < -0.4 is 21.1 Å². The number of carbonyl (C=O) groups excluding carboxylic acids is 3. The van der Waals surface area contributed by atoms with Crippen molar-refractivity contribution >= 4 is 29.1 Å². The van der Waals surface area contributed by atoms with E-state index in [-0.39, 0.29) is 34.4 Å². The summed E-state index contributed by atoms with van der Waals surface area (Å²) in [5.41, 5.74) is 2.99. The number of amides is 3. The van der Waals surface area contributed by atoms with Gasteiger partial charge in [0.25, 0.3) is 5.91 Å². The van der Waals surface area contributed by atoms with Crippen LogP contribution in [-0.2, 0) is 9.59 Å². The zero-order valence-electron chi connectivity index (χ0n) is 20.9. The summed E-state index contributed by atoms with van der Waals surface area (Å²) in [6.45, 7) is 1.98. The zero-order chi connectivity index (χ0) is 26.5. The summed E-state index contributed by atoms with van der Waals surface area (Å²) in [5, 5.41) is 18.4. The lowest BCUT2D eigenvalue weighted by Gasteiger charge is -2.29. The molecule has 0 bridgehead atoms. The lowest BCUT2D eigenvalue weighted by Crippen LogP contribution is -3.01. The van der Waals surface area contributed by atoms with Gasteiger partial charge >= 0.3 is 11.8 Å². The van der Waals surface area contributed by atoms with Crippen LogP contribution in [0.25, 0.3) is 0 Å². The molecule has 1 aliphatic heterocycles. The van der Waals surface area contributed by atoms with Crippen LogP contribution in [0.4, 0.5) is 11.4 Å². The summed E-state index contributed by atoms with van der Waals surface area (Å²) in [4.78, 5) is 41.1. The molecule has 190 valence electrons. The van der Waals surface area contributed by atoms with Crippen LogP contribution in [0.1, 0.15) is 35.3 Å². The number of phenols is 1. The summed E-state index contributed by atoms with van der Waals surface area (Å²) < 4.78 is 0. The molecule has 0 fully saturated rings. The van der Waals surface area contributed by atoms with Crippen molar-refractivity contribution in [3.05, 3.63) is 101 Å². The number of phenolic OH excluding ortho intramolecular Hbond substituents is 1. The molecule has 0 aromatic heterocycles. The molecule has 0 saturated carbocycles. The third kappa shape index (κ3) is 5.31. The van der Waals surface area contributed by atoms with Gasteiger partial charge in [0.1, 0.15) is 5.70 Å². The van der Waals surface area contributed by atoms with Crippen molar-refractivity contribution in [3.8, 4) is 5.75 Å². The second kappa shape index (κ2) is 11.0. The molecule has 37 heavy (non-hydrogen) atoms. The van der Waals surface area contributed by atoms with Crippen LogP contribution in [0.3, 0.4) is 0 Å². The predicted octanol–water partition coefficient (Wildman–Crippen LogP) is 2.51. The molecule has 0 unspecified atom stereocenters. The lowest BCUT2D eigenvalue weighted by atomic mass is 10.0. The number of aromatic hydroxyl groups is 1. The standard InChI is InChI=1S/C28H29N5O4/c1-4-21(18-12-7-5-8-13-18)29-23-24(28(37)33(31-26(23)35)19-14-9-6-10-15-19)30-22-17-11-16-20(25(22)34)27(36)32(2)3/h5-17,21,29-30,34H,4H2,1-3H3,(H,31,35)/p+1/t21-/m1/s1. The highest BCUT2D eigenvalue weighted by molar-refractivity contribution is 6.13. The van der Waals surface area contributed by atoms with E-state index in [9.17, 15) is 19.5 Å². The Kier molecular flexibility index (Phi) is 7.55. The van der Waals surface area contributed by atoms with Crippen LogP contribution in [0.2, 0.25) is 0 Å². The Hall–Kier alpha value is -4.63. The van der Waals surface area contributed by atoms with E-state index in [0.29, 0.717) is 12.1 Å². The third-order valence-electron chi connectivity index (χ3n) is 6.07. The lowest BCUT2D eigenvalue weighted by molar-refractivity contribution is -0.569.